The van der Waals surface area contributed by atoms with Crippen LogP contribution < -0.4 is 0 Å². The summed E-state index contributed by atoms with van der Waals surface area (Å²) in [6, 6.07) is 0. The van der Waals surface area contributed by atoms with Crippen LogP contribution in [0.15, 0.2) is 0 Å². The summed E-state index contributed by atoms with van der Waals surface area (Å²) in [5.74, 6) is 0.786. The summed E-state index contributed by atoms with van der Waals surface area (Å²) in [5, 5.41) is 0. The van der Waals surface area contributed by atoms with E-state index in [1.807, 2.05) is 0 Å². The van der Waals surface area contributed by atoms with Crippen molar-refractivity contribution in [3.63, 3.8) is 0 Å². The van der Waals surface area contributed by atoms with Crippen molar-refractivity contribution in [2.24, 2.45) is 5.92 Å². The molecule has 0 heterocycles. The van der Waals surface area contributed by atoms with Crippen molar-refractivity contribution >= 4 is 0 Å². The predicted octanol–water partition coefficient (Wildman–Crippen LogP) is 2.40. The first-order chi connectivity index (χ1) is 3.39. The molecule has 0 atom stereocenters. The largest absolute Gasteiger partial charge is 0.340 e. The van der Waals surface area contributed by atoms with Crippen LogP contribution in [0.2, 0.25) is 0 Å². The van der Waals surface area contributed by atoms with E-state index in [4.69, 9.17) is 0 Å². The fourth-order valence-electron chi connectivity index (χ4n) is 1.19. The molecule has 1 heteroatoms. The molecule has 1 aliphatic carbocycles. The number of hydrogen-bond acceptors (Lipinski definition) is 0. The van der Waals surface area contributed by atoms with Crippen LogP contribution in [0, 0.1) is 12.8 Å². The van der Waals surface area contributed by atoms with Crippen LogP contribution >= 0.6 is 0 Å². The van der Waals surface area contributed by atoms with E-state index < -0.39 is 0 Å². The third-order valence-corrected chi connectivity index (χ3v) is 1.72. The average Bonchev–Trinajstić information content (AvgIpc) is 1.69. The maximum absolute atomic E-state index is 4.00. The van der Waals surface area contributed by atoms with Crippen molar-refractivity contribution in [1.29, 1.82) is 0 Å². The molecule has 1 radical (unpaired) electrons. The molecule has 0 aromatic rings. The molecule has 1 aliphatic rings. The van der Waals surface area contributed by atoms with Gasteiger partial charge in [0, 0.05) is 17.1 Å². The van der Waals surface area contributed by atoms with E-state index in [9.17, 15) is 0 Å². The van der Waals surface area contributed by atoms with E-state index in [1.54, 1.807) is 0 Å². The Bertz CT molecular complexity index is 46.3. The minimum atomic E-state index is 0. The van der Waals surface area contributed by atoms with E-state index in [-0.39, 0.29) is 17.1 Å². The molecule has 0 aliphatic heterocycles. The molecule has 0 saturated heterocycles. The van der Waals surface area contributed by atoms with Crippen molar-refractivity contribution in [2.75, 3.05) is 0 Å². The van der Waals surface area contributed by atoms with Gasteiger partial charge in [-0.05, 0) is 0 Å². The maximum atomic E-state index is 4.00. The Balaban J connectivity index is 0.000000490. The van der Waals surface area contributed by atoms with Gasteiger partial charge in [0.05, 0.1) is 0 Å². The number of rotatable bonds is 0. The summed E-state index contributed by atoms with van der Waals surface area (Å²) in [5.41, 5.74) is 0. The van der Waals surface area contributed by atoms with Crippen LogP contribution in [0.25, 0.3) is 0 Å². The molecule has 0 bridgehead atoms. The minimum absolute atomic E-state index is 0. The Morgan fingerprint density at radius 1 is 1.00 bits per heavy atom. The molecule has 0 spiro atoms. The molecular formula is C7H13Mn-. The second kappa shape index (κ2) is 4.40. The van der Waals surface area contributed by atoms with Gasteiger partial charge in [-0.15, -0.1) is 0 Å². The van der Waals surface area contributed by atoms with E-state index in [0.717, 1.165) is 5.92 Å². The minimum Gasteiger partial charge on any atom is -0.340 e. The molecule has 1 saturated carbocycles. The Morgan fingerprint density at radius 2 is 1.50 bits per heavy atom. The first kappa shape index (κ1) is 8.52. The molecule has 0 unspecified atom stereocenters. The van der Waals surface area contributed by atoms with Gasteiger partial charge in [-0.3, -0.25) is 0 Å². The summed E-state index contributed by atoms with van der Waals surface area (Å²) in [6.07, 6.45) is 7.05. The van der Waals surface area contributed by atoms with Gasteiger partial charge in [-0.2, -0.15) is 5.92 Å². The molecule has 0 nitrogen and oxygen atoms in total. The van der Waals surface area contributed by atoms with Crippen LogP contribution in [0.5, 0.6) is 0 Å². The van der Waals surface area contributed by atoms with E-state index >= 15 is 0 Å². The zero-order valence-corrected chi connectivity index (χ0v) is 6.38. The van der Waals surface area contributed by atoms with Gasteiger partial charge < -0.3 is 6.92 Å². The molecule has 0 N–H and O–H groups in total. The molecule has 0 aromatic carbocycles. The summed E-state index contributed by atoms with van der Waals surface area (Å²) >= 11 is 0. The van der Waals surface area contributed by atoms with Gasteiger partial charge in [0.25, 0.3) is 0 Å². The predicted molar refractivity (Wildman–Crippen MR) is 31.9 cm³/mol. The van der Waals surface area contributed by atoms with Gasteiger partial charge in [-0.25, -0.2) is 0 Å². The van der Waals surface area contributed by atoms with E-state index in [2.05, 4.69) is 6.92 Å². The molecule has 49 valence electrons. The second-order valence-corrected chi connectivity index (χ2v) is 2.50. The molecule has 8 heavy (non-hydrogen) atoms. The summed E-state index contributed by atoms with van der Waals surface area (Å²) in [7, 11) is 0. The molecular weight excluding hydrogens is 139 g/mol. The number of hydrogen-bond donors (Lipinski definition) is 0. The monoisotopic (exact) mass is 152 g/mol. The zero-order chi connectivity index (χ0) is 5.11. The van der Waals surface area contributed by atoms with Crippen LogP contribution in [0.1, 0.15) is 32.1 Å². The van der Waals surface area contributed by atoms with Crippen LogP contribution in [-0.2, 0) is 17.1 Å². The smallest absolute Gasteiger partial charge is 0 e. The molecule has 0 aromatic heterocycles. The van der Waals surface area contributed by atoms with Gasteiger partial charge in [0.2, 0.25) is 0 Å². The van der Waals surface area contributed by atoms with Gasteiger partial charge in [0.1, 0.15) is 0 Å². The summed E-state index contributed by atoms with van der Waals surface area (Å²) < 4.78 is 0. The zero-order valence-electron chi connectivity index (χ0n) is 5.20. The quantitative estimate of drug-likeness (QED) is 0.369. The van der Waals surface area contributed by atoms with E-state index in [0.29, 0.717) is 0 Å². The SMILES string of the molecule is [CH2-]C1CCCCC1.[Mn]. The maximum Gasteiger partial charge on any atom is 0 e. The molecule has 0 amide bonds. The summed E-state index contributed by atoms with van der Waals surface area (Å²) in [6.45, 7) is 4.00. The van der Waals surface area contributed by atoms with Crippen LogP contribution in [-0.4, -0.2) is 0 Å². The van der Waals surface area contributed by atoms with Crippen molar-refractivity contribution in [1.82, 2.24) is 0 Å². The van der Waals surface area contributed by atoms with Crippen molar-refractivity contribution in [3.8, 4) is 0 Å². The third kappa shape index (κ3) is 2.74. The summed E-state index contributed by atoms with van der Waals surface area (Å²) in [4.78, 5) is 0. The molecule has 1 fully saturated rings. The Kier molecular flexibility index (Phi) is 4.69. The Morgan fingerprint density at radius 3 is 1.75 bits per heavy atom. The van der Waals surface area contributed by atoms with Gasteiger partial charge in [0.15, 0.2) is 0 Å². The normalized spacial score (nSPS) is 22.1. The van der Waals surface area contributed by atoms with Crippen molar-refractivity contribution in [2.45, 2.75) is 32.1 Å². The van der Waals surface area contributed by atoms with Crippen LogP contribution in [0.3, 0.4) is 0 Å². The standard InChI is InChI=1S/C7H13.Mn/c1-7-5-3-2-4-6-7;/h7H,1-6H2;/q-1;. The fraction of sp³-hybridized carbons (Fsp3) is 0.857. The van der Waals surface area contributed by atoms with E-state index in [1.165, 1.54) is 32.1 Å². The van der Waals surface area contributed by atoms with Crippen LogP contribution in [0.4, 0.5) is 0 Å². The fourth-order valence-corrected chi connectivity index (χ4v) is 1.19. The first-order valence-corrected chi connectivity index (χ1v) is 3.22. The van der Waals surface area contributed by atoms with Gasteiger partial charge in [-0.1, -0.05) is 32.1 Å². The Labute approximate surface area is 62.5 Å². The van der Waals surface area contributed by atoms with Crippen molar-refractivity contribution in [3.05, 3.63) is 6.92 Å². The second-order valence-electron chi connectivity index (χ2n) is 2.50. The molecule has 1 rings (SSSR count). The van der Waals surface area contributed by atoms with Gasteiger partial charge >= 0.3 is 0 Å². The average molecular weight is 152 g/mol. The third-order valence-electron chi connectivity index (χ3n) is 1.72. The topological polar surface area (TPSA) is 0 Å². The first-order valence-electron chi connectivity index (χ1n) is 3.22. The Hall–Kier alpha value is 0.519. The van der Waals surface area contributed by atoms with Crippen molar-refractivity contribution < 1.29 is 17.1 Å².